The van der Waals surface area contributed by atoms with Gasteiger partial charge in [-0.2, -0.15) is 0 Å². The summed E-state index contributed by atoms with van der Waals surface area (Å²) in [6, 6.07) is 5.36. The molecule has 0 aliphatic carbocycles. The Kier molecular flexibility index (Phi) is 2.59. The second-order valence-corrected chi connectivity index (χ2v) is 5.87. The number of carbonyl (C=O) groups excluding carboxylic acids is 1. The Morgan fingerprint density at radius 2 is 2.00 bits per heavy atom. The highest BCUT2D eigenvalue weighted by atomic mass is 79.9. The fourth-order valence-corrected chi connectivity index (χ4v) is 2.37. The molecule has 4 heteroatoms. The van der Waals surface area contributed by atoms with Gasteiger partial charge < -0.3 is 10.0 Å². The molecule has 1 aliphatic heterocycles. The van der Waals surface area contributed by atoms with Crippen molar-refractivity contribution in [2.24, 2.45) is 0 Å². The van der Waals surface area contributed by atoms with E-state index >= 15 is 0 Å². The summed E-state index contributed by atoms with van der Waals surface area (Å²) in [5, 5.41) is 10.2. The van der Waals surface area contributed by atoms with E-state index in [-0.39, 0.29) is 11.4 Å². The maximum absolute atomic E-state index is 12.1. The van der Waals surface area contributed by atoms with Crippen molar-refractivity contribution in [3.8, 4) is 0 Å². The lowest BCUT2D eigenvalue weighted by Gasteiger charge is -2.34. The van der Waals surface area contributed by atoms with Crippen LogP contribution in [0.2, 0.25) is 0 Å². The van der Waals surface area contributed by atoms with Crippen LogP contribution < -0.4 is 0 Å². The molecular weight excluding hydrogens is 270 g/mol. The standard InChI is InChI=1S/C12H14BrNO2/c1-12(2,3)14-10(15)8-5-4-7(13)6-9(8)11(14)16/h4-6,11,16H,1-3H3. The number of halogens is 1. The normalized spacial score (nSPS) is 20.2. The first kappa shape index (κ1) is 11.6. The van der Waals surface area contributed by atoms with Gasteiger partial charge in [0.15, 0.2) is 6.23 Å². The molecule has 0 saturated carbocycles. The molecule has 0 aromatic heterocycles. The van der Waals surface area contributed by atoms with Gasteiger partial charge in [0, 0.05) is 21.1 Å². The highest BCUT2D eigenvalue weighted by Crippen LogP contribution is 2.37. The summed E-state index contributed by atoms with van der Waals surface area (Å²) in [7, 11) is 0. The Labute approximate surface area is 103 Å². The molecule has 2 rings (SSSR count). The van der Waals surface area contributed by atoms with Gasteiger partial charge in [0.2, 0.25) is 0 Å². The highest BCUT2D eigenvalue weighted by molar-refractivity contribution is 9.10. The summed E-state index contributed by atoms with van der Waals surface area (Å²) in [4.78, 5) is 13.6. The van der Waals surface area contributed by atoms with E-state index in [0.717, 1.165) is 4.47 Å². The van der Waals surface area contributed by atoms with Crippen LogP contribution in [0.3, 0.4) is 0 Å². The summed E-state index contributed by atoms with van der Waals surface area (Å²) >= 11 is 3.34. The number of fused-ring (bicyclic) bond motifs is 1. The molecule has 1 amide bonds. The van der Waals surface area contributed by atoms with Crippen LogP contribution in [0.5, 0.6) is 0 Å². The molecule has 1 aliphatic rings. The predicted octanol–water partition coefficient (Wildman–Crippen LogP) is 2.69. The van der Waals surface area contributed by atoms with Crippen LogP contribution in [0, 0.1) is 0 Å². The zero-order chi connectivity index (χ0) is 12.1. The molecule has 1 atom stereocenters. The number of carbonyl (C=O) groups is 1. The number of benzene rings is 1. The maximum Gasteiger partial charge on any atom is 0.257 e. The van der Waals surface area contributed by atoms with Crippen LogP contribution in [0.4, 0.5) is 0 Å². The number of amides is 1. The summed E-state index contributed by atoms with van der Waals surface area (Å²) in [5.41, 5.74) is 0.877. The number of hydrogen-bond acceptors (Lipinski definition) is 2. The monoisotopic (exact) mass is 283 g/mol. The molecule has 1 heterocycles. The van der Waals surface area contributed by atoms with Crippen molar-refractivity contribution in [2.75, 3.05) is 0 Å². The first-order valence-corrected chi connectivity index (χ1v) is 5.93. The SMILES string of the molecule is CC(C)(C)N1C(=O)c2ccc(Br)cc2C1O. The maximum atomic E-state index is 12.1. The van der Waals surface area contributed by atoms with Crippen LogP contribution in [0.1, 0.15) is 42.9 Å². The van der Waals surface area contributed by atoms with Gasteiger partial charge in [0.1, 0.15) is 0 Å². The molecule has 1 aromatic carbocycles. The van der Waals surface area contributed by atoms with Crippen LogP contribution in [-0.4, -0.2) is 21.5 Å². The lowest BCUT2D eigenvalue weighted by molar-refractivity contribution is -0.0228. The van der Waals surface area contributed by atoms with Crippen LogP contribution >= 0.6 is 15.9 Å². The second kappa shape index (κ2) is 3.57. The average molecular weight is 284 g/mol. The predicted molar refractivity (Wildman–Crippen MR) is 65.0 cm³/mol. The third-order valence-electron chi connectivity index (χ3n) is 2.71. The van der Waals surface area contributed by atoms with Crippen molar-refractivity contribution in [1.82, 2.24) is 4.90 Å². The van der Waals surface area contributed by atoms with Crippen molar-refractivity contribution >= 4 is 21.8 Å². The van der Waals surface area contributed by atoms with E-state index < -0.39 is 6.23 Å². The summed E-state index contributed by atoms with van der Waals surface area (Å²) < 4.78 is 0.869. The minimum atomic E-state index is -0.847. The molecule has 0 fully saturated rings. The Hall–Kier alpha value is -0.870. The van der Waals surface area contributed by atoms with E-state index in [1.165, 1.54) is 4.90 Å². The summed E-state index contributed by atoms with van der Waals surface area (Å²) in [6.45, 7) is 5.74. The lowest BCUT2D eigenvalue weighted by atomic mass is 10.1. The third-order valence-corrected chi connectivity index (χ3v) is 3.20. The van der Waals surface area contributed by atoms with Gasteiger partial charge >= 0.3 is 0 Å². The first-order chi connectivity index (χ1) is 7.32. The van der Waals surface area contributed by atoms with Gasteiger partial charge in [-0.1, -0.05) is 15.9 Å². The molecule has 3 nitrogen and oxygen atoms in total. The molecule has 0 spiro atoms. The quantitative estimate of drug-likeness (QED) is 0.795. The third kappa shape index (κ3) is 1.66. The molecule has 86 valence electrons. The molecule has 1 N–H and O–H groups in total. The fourth-order valence-electron chi connectivity index (χ4n) is 1.99. The summed E-state index contributed by atoms with van der Waals surface area (Å²) in [6.07, 6.45) is -0.847. The minimum absolute atomic E-state index is 0.109. The highest BCUT2D eigenvalue weighted by Gasteiger charge is 2.41. The van der Waals surface area contributed by atoms with Crippen molar-refractivity contribution in [3.63, 3.8) is 0 Å². The lowest BCUT2D eigenvalue weighted by Crippen LogP contribution is -2.43. The van der Waals surface area contributed by atoms with Crippen molar-refractivity contribution in [3.05, 3.63) is 33.8 Å². The largest absolute Gasteiger partial charge is 0.369 e. The molecule has 1 aromatic rings. The van der Waals surface area contributed by atoms with E-state index in [1.807, 2.05) is 26.8 Å². The average Bonchev–Trinajstić information content (AvgIpc) is 2.38. The number of nitrogens with zero attached hydrogens (tertiary/aromatic N) is 1. The first-order valence-electron chi connectivity index (χ1n) is 5.13. The van der Waals surface area contributed by atoms with E-state index in [1.54, 1.807) is 12.1 Å². The van der Waals surface area contributed by atoms with Crippen LogP contribution in [-0.2, 0) is 0 Å². The van der Waals surface area contributed by atoms with Gasteiger partial charge in [0.05, 0.1) is 0 Å². The topological polar surface area (TPSA) is 40.5 Å². The molecule has 16 heavy (non-hydrogen) atoms. The van der Waals surface area contributed by atoms with E-state index in [4.69, 9.17) is 0 Å². The van der Waals surface area contributed by atoms with Gasteiger partial charge in [-0.3, -0.25) is 4.79 Å². The van der Waals surface area contributed by atoms with Crippen molar-refractivity contribution in [1.29, 1.82) is 0 Å². The molecule has 0 bridgehead atoms. The zero-order valence-electron chi connectivity index (χ0n) is 9.49. The minimum Gasteiger partial charge on any atom is -0.369 e. The Balaban J connectivity index is 2.53. The smallest absolute Gasteiger partial charge is 0.257 e. The van der Waals surface area contributed by atoms with Crippen molar-refractivity contribution < 1.29 is 9.90 Å². The zero-order valence-corrected chi connectivity index (χ0v) is 11.1. The Morgan fingerprint density at radius 3 is 2.56 bits per heavy atom. The van der Waals surface area contributed by atoms with E-state index in [2.05, 4.69) is 15.9 Å². The van der Waals surface area contributed by atoms with E-state index in [0.29, 0.717) is 11.1 Å². The molecular formula is C12H14BrNO2. The number of aliphatic hydroxyl groups excluding tert-OH is 1. The van der Waals surface area contributed by atoms with Gasteiger partial charge in [-0.05, 0) is 39.0 Å². The molecule has 0 radical (unpaired) electrons. The van der Waals surface area contributed by atoms with Gasteiger partial charge in [-0.15, -0.1) is 0 Å². The molecule has 0 saturated heterocycles. The second-order valence-electron chi connectivity index (χ2n) is 4.95. The van der Waals surface area contributed by atoms with Crippen LogP contribution in [0.25, 0.3) is 0 Å². The Bertz CT molecular complexity index is 451. The van der Waals surface area contributed by atoms with Gasteiger partial charge in [-0.25, -0.2) is 0 Å². The van der Waals surface area contributed by atoms with Gasteiger partial charge in [0.25, 0.3) is 5.91 Å². The molecule has 1 unspecified atom stereocenters. The number of aliphatic hydroxyl groups is 1. The summed E-state index contributed by atoms with van der Waals surface area (Å²) in [5.74, 6) is -0.109. The Morgan fingerprint density at radius 1 is 1.38 bits per heavy atom. The number of rotatable bonds is 0. The van der Waals surface area contributed by atoms with E-state index in [9.17, 15) is 9.90 Å². The number of hydrogen-bond donors (Lipinski definition) is 1. The fraction of sp³-hybridized carbons (Fsp3) is 0.417. The van der Waals surface area contributed by atoms with Crippen LogP contribution in [0.15, 0.2) is 22.7 Å². The van der Waals surface area contributed by atoms with Crippen molar-refractivity contribution in [2.45, 2.75) is 32.5 Å².